The highest BCUT2D eigenvalue weighted by Gasteiger charge is 2.31. The number of thiophene rings is 1. The monoisotopic (exact) mass is 349 g/mol. The molecule has 1 atom stereocenters. The van der Waals surface area contributed by atoms with Gasteiger partial charge in [-0.3, -0.25) is 0 Å². The third-order valence-electron chi connectivity index (χ3n) is 4.10. The summed E-state index contributed by atoms with van der Waals surface area (Å²) < 4.78 is 1.27. The number of benzene rings is 1. The molecule has 1 aliphatic carbocycles. The third kappa shape index (κ3) is 2.72. The van der Waals surface area contributed by atoms with E-state index in [9.17, 15) is 0 Å². The van der Waals surface area contributed by atoms with Gasteiger partial charge >= 0.3 is 0 Å². The van der Waals surface area contributed by atoms with E-state index in [4.69, 9.17) is 0 Å². The van der Waals surface area contributed by atoms with Crippen molar-refractivity contribution in [3.63, 3.8) is 0 Å². The van der Waals surface area contributed by atoms with Crippen LogP contribution in [0.15, 0.2) is 34.8 Å². The number of nitrogens with one attached hydrogen (secondary N) is 1. The van der Waals surface area contributed by atoms with E-state index in [1.54, 1.807) is 0 Å². The van der Waals surface area contributed by atoms with E-state index in [1.165, 1.54) is 38.2 Å². The molecule has 0 aliphatic heterocycles. The van der Waals surface area contributed by atoms with Gasteiger partial charge in [0.15, 0.2) is 0 Å². The van der Waals surface area contributed by atoms with Crippen molar-refractivity contribution in [3.8, 4) is 0 Å². The summed E-state index contributed by atoms with van der Waals surface area (Å²) in [6.07, 6.45) is 2.38. The van der Waals surface area contributed by atoms with Crippen LogP contribution in [0, 0.1) is 12.8 Å². The Balaban J connectivity index is 1.88. The Morgan fingerprint density at radius 1 is 1.30 bits per heavy atom. The SMILES string of the molecule is CCNC(c1sc(C)cc1Br)C1Cc2ccccc2C1. The average Bonchev–Trinajstić information content (AvgIpc) is 2.99. The maximum absolute atomic E-state index is 3.74. The minimum absolute atomic E-state index is 0.459. The van der Waals surface area contributed by atoms with Crippen LogP contribution in [-0.2, 0) is 12.8 Å². The smallest absolute Gasteiger partial charge is 0.0461 e. The van der Waals surface area contributed by atoms with Crippen molar-refractivity contribution in [2.24, 2.45) is 5.92 Å². The number of rotatable bonds is 4. The largest absolute Gasteiger partial charge is 0.309 e. The van der Waals surface area contributed by atoms with Gasteiger partial charge in [0.2, 0.25) is 0 Å². The second-order valence-corrected chi connectivity index (χ2v) is 7.68. The van der Waals surface area contributed by atoms with Gasteiger partial charge in [-0.2, -0.15) is 0 Å². The molecule has 0 bridgehead atoms. The maximum atomic E-state index is 3.74. The zero-order chi connectivity index (χ0) is 14.1. The summed E-state index contributed by atoms with van der Waals surface area (Å²) in [6.45, 7) is 5.40. The van der Waals surface area contributed by atoms with Crippen LogP contribution in [-0.4, -0.2) is 6.54 Å². The average molecular weight is 350 g/mol. The Morgan fingerprint density at radius 2 is 1.95 bits per heavy atom. The standard InChI is InChI=1S/C17H20BrNS/c1-3-19-16(17-15(18)8-11(2)20-17)14-9-12-6-4-5-7-13(12)10-14/h4-8,14,16,19H,3,9-10H2,1-2H3. The first-order chi connectivity index (χ1) is 9.69. The summed E-state index contributed by atoms with van der Waals surface area (Å²) in [6, 6.07) is 11.6. The molecule has 1 heterocycles. The first-order valence-corrected chi connectivity index (χ1v) is 8.86. The molecule has 0 saturated carbocycles. The molecule has 0 fully saturated rings. The molecule has 3 rings (SSSR count). The lowest BCUT2D eigenvalue weighted by Gasteiger charge is -2.24. The number of fused-ring (bicyclic) bond motifs is 1. The van der Waals surface area contributed by atoms with Gasteiger partial charge in [0, 0.05) is 20.3 Å². The van der Waals surface area contributed by atoms with Gasteiger partial charge in [0.1, 0.15) is 0 Å². The maximum Gasteiger partial charge on any atom is 0.0461 e. The first kappa shape index (κ1) is 14.3. The van der Waals surface area contributed by atoms with Gasteiger partial charge in [-0.15, -0.1) is 11.3 Å². The lowest BCUT2D eigenvalue weighted by atomic mass is 9.95. The molecule has 1 aromatic carbocycles. The fourth-order valence-electron chi connectivity index (χ4n) is 3.24. The quantitative estimate of drug-likeness (QED) is 0.828. The second-order valence-electron chi connectivity index (χ2n) is 5.54. The van der Waals surface area contributed by atoms with Crippen LogP contribution in [0.25, 0.3) is 0 Å². The van der Waals surface area contributed by atoms with Gasteiger partial charge in [-0.25, -0.2) is 0 Å². The second kappa shape index (κ2) is 6.00. The summed E-state index contributed by atoms with van der Waals surface area (Å²) in [7, 11) is 0. The fourth-order valence-corrected chi connectivity index (χ4v) is 5.30. The number of aryl methyl sites for hydroxylation is 1. The zero-order valence-electron chi connectivity index (χ0n) is 11.9. The van der Waals surface area contributed by atoms with E-state index in [2.05, 4.69) is 65.4 Å². The molecule has 20 heavy (non-hydrogen) atoms. The van der Waals surface area contributed by atoms with Crippen LogP contribution in [0.4, 0.5) is 0 Å². The Hall–Kier alpha value is -0.640. The predicted octanol–water partition coefficient (Wildman–Crippen LogP) is 4.88. The van der Waals surface area contributed by atoms with Crippen LogP contribution in [0.5, 0.6) is 0 Å². The molecule has 3 heteroatoms. The lowest BCUT2D eigenvalue weighted by Crippen LogP contribution is -2.28. The third-order valence-corrected chi connectivity index (χ3v) is 6.15. The van der Waals surface area contributed by atoms with Crippen LogP contribution in [0.2, 0.25) is 0 Å². The van der Waals surface area contributed by atoms with Crippen molar-refractivity contribution < 1.29 is 0 Å². The van der Waals surface area contributed by atoms with Crippen LogP contribution < -0.4 is 5.32 Å². The van der Waals surface area contributed by atoms with E-state index in [0.29, 0.717) is 12.0 Å². The van der Waals surface area contributed by atoms with E-state index in [0.717, 1.165) is 6.54 Å². The Kier molecular flexibility index (Phi) is 4.29. The van der Waals surface area contributed by atoms with Crippen molar-refractivity contribution in [2.75, 3.05) is 6.54 Å². The van der Waals surface area contributed by atoms with E-state index >= 15 is 0 Å². The molecular formula is C17H20BrNS. The molecular weight excluding hydrogens is 330 g/mol. The minimum atomic E-state index is 0.459. The predicted molar refractivity (Wildman–Crippen MR) is 90.5 cm³/mol. The molecule has 1 aromatic heterocycles. The lowest BCUT2D eigenvalue weighted by molar-refractivity contribution is 0.385. The highest BCUT2D eigenvalue weighted by molar-refractivity contribution is 9.10. The zero-order valence-corrected chi connectivity index (χ0v) is 14.4. The Morgan fingerprint density at radius 3 is 2.45 bits per heavy atom. The van der Waals surface area contributed by atoms with E-state index in [-0.39, 0.29) is 0 Å². The molecule has 1 N–H and O–H groups in total. The van der Waals surface area contributed by atoms with Crippen molar-refractivity contribution in [1.29, 1.82) is 0 Å². The topological polar surface area (TPSA) is 12.0 Å². The van der Waals surface area contributed by atoms with Crippen LogP contribution in [0.3, 0.4) is 0 Å². The van der Waals surface area contributed by atoms with Crippen LogP contribution in [0.1, 0.15) is 33.8 Å². The van der Waals surface area contributed by atoms with Crippen molar-refractivity contribution >= 4 is 27.3 Å². The molecule has 0 radical (unpaired) electrons. The number of hydrogen-bond acceptors (Lipinski definition) is 2. The van der Waals surface area contributed by atoms with Gasteiger partial charge < -0.3 is 5.32 Å². The Bertz CT molecular complexity index is 580. The first-order valence-electron chi connectivity index (χ1n) is 7.25. The summed E-state index contributed by atoms with van der Waals surface area (Å²) in [5.74, 6) is 0.668. The summed E-state index contributed by atoms with van der Waals surface area (Å²) in [4.78, 5) is 2.84. The summed E-state index contributed by atoms with van der Waals surface area (Å²) in [5.41, 5.74) is 3.06. The van der Waals surface area contributed by atoms with Gasteiger partial charge in [-0.05, 0) is 65.4 Å². The number of hydrogen-bond donors (Lipinski definition) is 1. The molecule has 2 aromatic rings. The number of halogens is 1. The molecule has 1 nitrogen and oxygen atoms in total. The van der Waals surface area contributed by atoms with E-state index < -0.39 is 0 Å². The van der Waals surface area contributed by atoms with Crippen molar-refractivity contribution in [3.05, 3.63) is 55.7 Å². The molecule has 0 spiro atoms. The van der Waals surface area contributed by atoms with Crippen LogP contribution >= 0.6 is 27.3 Å². The molecule has 106 valence electrons. The molecule has 0 saturated heterocycles. The van der Waals surface area contributed by atoms with Gasteiger partial charge in [-0.1, -0.05) is 31.2 Å². The van der Waals surface area contributed by atoms with E-state index in [1.807, 2.05) is 11.3 Å². The summed E-state index contributed by atoms with van der Waals surface area (Å²) in [5, 5.41) is 3.71. The van der Waals surface area contributed by atoms with Crippen molar-refractivity contribution in [2.45, 2.75) is 32.7 Å². The fraction of sp³-hybridized carbons (Fsp3) is 0.412. The molecule has 0 amide bonds. The summed E-state index contributed by atoms with van der Waals surface area (Å²) >= 11 is 5.66. The van der Waals surface area contributed by atoms with Gasteiger partial charge in [0.25, 0.3) is 0 Å². The Labute approximate surface area is 133 Å². The molecule has 1 unspecified atom stereocenters. The van der Waals surface area contributed by atoms with Crippen molar-refractivity contribution in [1.82, 2.24) is 5.32 Å². The molecule has 1 aliphatic rings. The normalized spacial score (nSPS) is 16.4. The highest BCUT2D eigenvalue weighted by Crippen LogP contribution is 2.41. The minimum Gasteiger partial charge on any atom is -0.309 e. The van der Waals surface area contributed by atoms with Gasteiger partial charge in [0.05, 0.1) is 0 Å². The highest BCUT2D eigenvalue weighted by atomic mass is 79.9.